The number of nitrogens with one attached hydrogen (secondary N) is 2. The van der Waals surface area contributed by atoms with Crippen LogP contribution in [0.4, 0.5) is 0 Å². The number of piperazine rings is 1. The number of amides is 2. The number of rotatable bonds is 3. The Morgan fingerprint density at radius 3 is 2.92 bits per heavy atom. The van der Waals surface area contributed by atoms with Gasteiger partial charge in [-0.3, -0.25) is 20.2 Å². The summed E-state index contributed by atoms with van der Waals surface area (Å²) in [5.41, 5.74) is 0. The molecule has 0 aromatic heterocycles. The van der Waals surface area contributed by atoms with E-state index in [1.807, 2.05) is 6.26 Å². The van der Waals surface area contributed by atoms with Crippen LogP contribution in [0, 0.1) is 0 Å². The highest BCUT2D eigenvalue weighted by molar-refractivity contribution is 7.98. The Bertz CT molecular complexity index is 196. The van der Waals surface area contributed by atoms with Crippen molar-refractivity contribution in [1.29, 1.82) is 0 Å². The topological polar surface area (TPSA) is 58.2 Å². The smallest absolute Gasteiger partial charge is 0.243 e. The van der Waals surface area contributed by atoms with Gasteiger partial charge >= 0.3 is 0 Å². The molecule has 1 heterocycles. The van der Waals surface area contributed by atoms with Crippen molar-refractivity contribution in [2.24, 2.45) is 0 Å². The van der Waals surface area contributed by atoms with E-state index in [1.54, 1.807) is 11.8 Å². The second kappa shape index (κ2) is 4.47. The van der Waals surface area contributed by atoms with E-state index in [1.165, 1.54) is 0 Å². The second-order valence-electron chi connectivity index (χ2n) is 2.63. The quantitative estimate of drug-likeness (QED) is 0.578. The highest BCUT2D eigenvalue weighted by atomic mass is 32.2. The van der Waals surface area contributed by atoms with E-state index >= 15 is 0 Å². The van der Waals surface area contributed by atoms with Crippen LogP contribution in [0.15, 0.2) is 0 Å². The minimum absolute atomic E-state index is 0.185. The molecule has 1 fully saturated rings. The third-order valence-corrected chi connectivity index (χ3v) is 2.34. The van der Waals surface area contributed by atoms with Crippen LogP contribution in [0.25, 0.3) is 0 Å². The predicted molar refractivity (Wildman–Crippen MR) is 47.9 cm³/mol. The van der Waals surface area contributed by atoms with Gasteiger partial charge in [0.1, 0.15) is 0 Å². The average Bonchev–Trinajstić information content (AvgIpc) is 2.03. The highest BCUT2D eigenvalue weighted by Crippen LogP contribution is 2.02. The molecule has 0 unspecified atom stereocenters. The third kappa shape index (κ3) is 2.49. The molecule has 68 valence electrons. The van der Waals surface area contributed by atoms with E-state index in [2.05, 4.69) is 10.6 Å². The van der Waals surface area contributed by atoms with E-state index < -0.39 is 0 Å². The van der Waals surface area contributed by atoms with Gasteiger partial charge in [-0.2, -0.15) is 11.8 Å². The summed E-state index contributed by atoms with van der Waals surface area (Å²) in [5.74, 6) is 0.500. The molecular weight excluding hydrogens is 176 g/mol. The number of thioether (sulfide) groups is 1. The molecule has 0 spiro atoms. The normalized spacial score (nSPS) is 23.9. The third-order valence-electron chi connectivity index (χ3n) is 1.70. The molecule has 1 aliphatic heterocycles. The lowest BCUT2D eigenvalue weighted by atomic mass is 10.2. The Kier molecular flexibility index (Phi) is 3.55. The minimum atomic E-state index is -0.236. The number of hydrogen-bond acceptors (Lipinski definition) is 4. The molecular formula is C7H12N2O2S. The molecule has 0 saturated carbocycles. The van der Waals surface area contributed by atoms with Gasteiger partial charge in [-0.25, -0.2) is 0 Å². The lowest BCUT2D eigenvalue weighted by Gasteiger charge is -2.21. The number of carbonyl (C=O) groups excluding carboxylic acids is 2. The molecule has 1 aliphatic rings. The van der Waals surface area contributed by atoms with Crippen LogP contribution in [0.5, 0.6) is 0 Å². The molecule has 5 heteroatoms. The van der Waals surface area contributed by atoms with Crippen LogP contribution in [0.2, 0.25) is 0 Å². The maximum atomic E-state index is 11.1. The fourth-order valence-corrected chi connectivity index (χ4v) is 1.52. The second-order valence-corrected chi connectivity index (χ2v) is 3.61. The molecule has 0 aromatic carbocycles. The van der Waals surface area contributed by atoms with Crippen molar-refractivity contribution in [3.63, 3.8) is 0 Å². The van der Waals surface area contributed by atoms with Gasteiger partial charge in [0.25, 0.3) is 0 Å². The summed E-state index contributed by atoms with van der Waals surface area (Å²) >= 11 is 1.69. The summed E-state index contributed by atoms with van der Waals surface area (Å²) in [4.78, 5) is 21.8. The minimum Gasteiger partial charge on any atom is -0.297 e. The van der Waals surface area contributed by atoms with Gasteiger partial charge < -0.3 is 0 Å². The predicted octanol–water partition coefficient (Wildman–Crippen LogP) is -0.646. The van der Waals surface area contributed by atoms with Crippen LogP contribution >= 0.6 is 11.8 Å². The van der Waals surface area contributed by atoms with Crippen LogP contribution in [-0.4, -0.2) is 36.4 Å². The Hall–Kier alpha value is -0.550. The largest absolute Gasteiger partial charge is 0.297 e. The highest BCUT2D eigenvalue weighted by Gasteiger charge is 2.24. The molecule has 12 heavy (non-hydrogen) atoms. The fourth-order valence-electron chi connectivity index (χ4n) is 1.05. The van der Waals surface area contributed by atoms with Gasteiger partial charge in [-0.05, 0) is 18.4 Å². The van der Waals surface area contributed by atoms with Crippen molar-refractivity contribution in [2.45, 2.75) is 12.5 Å². The van der Waals surface area contributed by atoms with E-state index in [0.717, 1.165) is 12.2 Å². The fraction of sp³-hybridized carbons (Fsp3) is 0.714. The first-order valence-electron chi connectivity index (χ1n) is 3.80. The Morgan fingerprint density at radius 1 is 1.58 bits per heavy atom. The number of hydrogen-bond donors (Lipinski definition) is 2. The summed E-state index contributed by atoms with van der Waals surface area (Å²) in [6, 6.07) is -0.185. The average molecular weight is 188 g/mol. The lowest BCUT2D eigenvalue weighted by Crippen LogP contribution is -2.56. The SMILES string of the molecule is CSCC[C@H]1NCC(=O)NC1=O. The van der Waals surface area contributed by atoms with E-state index in [-0.39, 0.29) is 24.4 Å². The summed E-state index contributed by atoms with van der Waals surface area (Å²) in [6.45, 7) is 0.255. The van der Waals surface area contributed by atoms with E-state index in [0.29, 0.717) is 0 Å². The molecule has 2 amide bonds. The standard InChI is InChI=1S/C7H12N2O2S/c1-12-3-2-5-7(11)9-6(10)4-8-5/h5,8H,2-4H2,1H3,(H,9,10,11)/t5-/m1/s1. The first-order valence-corrected chi connectivity index (χ1v) is 5.19. The van der Waals surface area contributed by atoms with E-state index in [4.69, 9.17) is 0 Å². The van der Waals surface area contributed by atoms with Crippen molar-refractivity contribution >= 4 is 23.6 Å². The molecule has 1 saturated heterocycles. The molecule has 0 aromatic rings. The summed E-state index contributed by atoms with van der Waals surface area (Å²) < 4.78 is 0. The maximum absolute atomic E-state index is 11.1. The van der Waals surface area contributed by atoms with Crippen molar-refractivity contribution in [1.82, 2.24) is 10.6 Å². The van der Waals surface area contributed by atoms with Crippen molar-refractivity contribution in [3.8, 4) is 0 Å². The van der Waals surface area contributed by atoms with Gasteiger partial charge in [0.15, 0.2) is 0 Å². The van der Waals surface area contributed by atoms with Crippen LogP contribution in [0.3, 0.4) is 0 Å². The maximum Gasteiger partial charge on any atom is 0.243 e. The van der Waals surface area contributed by atoms with Crippen molar-refractivity contribution in [3.05, 3.63) is 0 Å². The summed E-state index contributed by atoms with van der Waals surface area (Å²) in [5, 5.41) is 5.17. The molecule has 0 bridgehead atoms. The van der Waals surface area contributed by atoms with Crippen molar-refractivity contribution in [2.75, 3.05) is 18.6 Å². The molecule has 4 nitrogen and oxygen atoms in total. The molecule has 1 rings (SSSR count). The van der Waals surface area contributed by atoms with Gasteiger partial charge in [0.2, 0.25) is 11.8 Å². The molecule has 0 aliphatic carbocycles. The van der Waals surface area contributed by atoms with E-state index in [9.17, 15) is 9.59 Å². The number of imide groups is 1. The van der Waals surface area contributed by atoms with Crippen LogP contribution in [0.1, 0.15) is 6.42 Å². The van der Waals surface area contributed by atoms with Crippen molar-refractivity contribution < 1.29 is 9.59 Å². The van der Waals surface area contributed by atoms with Crippen LogP contribution in [-0.2, 0) is 9.59 Å². The zero-order valence-electron chi connectivity index (χ0n) is 6.92. The first kappa shape index (κ1) is 9.54. The van der Waals surface area contributed by atoms with Crippen LogP contribution < -0.4 is 10.6 Å². The van der Waals surface area contributed by atoms with Gasteiger partial charge in [-0.15, -0.1) is 0 Å². The zero-order chi connectivity index (χ0) is 8.97. The summed E-state index contributed by atoms with van der Waals surface area (Å²) in [7, 11) is 0. The molecule has 0 radical (unpaired) electrons. The summed E-state index contributed by atoms with van der Waals surface area (Å²) in [6.07, 6.45) is 2.77. The number of carbonyl (C=O) groups is 2. The zero-order valence-corrected chi connectivity index (χ0v) is 7.74. The molecule has 2 N–H and O–H groups in total. The first-order chi connectivity index (χ1) is 5.74. The monoisotopic (exact) mass is 188 g/mol. The van der Waals surface area contributed by atoms with Gasteiger partial charge in [0.05, 0.1) is 12.6 Å². The Labute approximate surface area is 75.5 Å². The van der Waals surface area contributed by atoms with Gasteiger partial charge in [-0.1, -0.05) is 0 Å². The Balaban J connectivity index is 2.35. The molecule has 1 atom stereocenters. The van der Waals surface area contributed by atoms with Gasteiger partial charge in [0, 0.05) is 0 Å². The lowest BCUT2D eigenvalue weighted by molar-refractivity contribution is -0.134. The Morgan fingerprint density at radius 2 is 2.33 bits per heavy atom.